The third-order valence-corrected chi connectivity index (χ3v) is 2.04. The van der Waals surface area contributed by atoms with Crippen molar-refractivity contribution in [2.45, 2.75) is 13.5 Å². The van der Waals surface area contributed by atoms with Crippen LogP contribution in [-0.4, -0.2) is 20.2 Å². The van der Waals surface area contributed by atoms with Crippen LogP contribution in [0.25, 0.3) is 0 Å². The Bertz CT molecular complexity index is 473. The molecule has 1 heterocycles. The van der Waals surface area contributed by atoms with Crippen LogP contribution in [-0.2, 0) is 13.6 Å². The van der Waals surface area contributed by atoms with Crippen molar-refractivity contribution in [3.63, 3.8) is 0 Å². The first-order valence-corrected chi connectivity index (χ1v) is 4.87. The van der Waals surface area contributed by atoms with E-state index in [1.54, 1.807) is 7.05 Å². The Morgan fingerprint density at radius 3 is 2.81 bits per heavy atom. The molecule has 0 radical (unpaired) electrons. The maximum absolute atomic E-state index is 13.1. The number of anilines is 1. The van der Waals surface area contributed by atoms with Crippen LogP contribution in [0.2, 0.25) is 0 Å². The van der Waals surface area contributed by atoms with Gasteiger partial charge in [-0.1, -0.05) is 0 Å². The average molecular weight is 221 g/mol. The fourth-order valence-corrected chi connectivity index (χ4v) is 1.41. The zero-order valence-corrected chi connectivity index (χ0v) is 9.11. The predicted octanol–water partition coefficient (Wildman–Crippen LogP) is 1.27. The molecule has 0 spiro atoms. The van der Waals surface area contributed by atoms with E-state index >= 15 is 0 Å². The smallest absolute Gasteiger partial charge is 0.193 e. The van der Waals surface area contributed by atoms with E-state index in [4.69, 9.17) is 0 Å². The van der Waals surface area contributed by atoms with Crippen LogP contribution in [0, 0.1) is 12.7 Å². The SMILES string of the molecule is Cc1cc(F)cc(NCc2nnn(C)n2)c1. The molecule has 6 heteroatoms. The Morgan fingerprint density at radius 2 is 2.19 bits per heavy atom. The van der Waals surface area contributed by atoms with Crippen molar-refractivity contribution in [1.29, 1.82) is 0 Å². The molecule has 0 fully saturated rings. The molecule has 1 N–H and O–H groups in total. The topological polar surface area (TPSA) is 55.6 Å². The molecular weight excluding hydrogens is 209 g/mol. The number of rotatable bonds is 3. The number of halogens is 1. The molecule has 2 rings (SSSR count). The molecular formula is C10H12FN5. The van der Waals surface area contributed by atoms with Crippen LogP contribution in [0.1, 0.15) is 11.4 Å². The van der Waals surface area contributed by atoms with Gasteiger partial charge in [-0.05, 0) is 35.9 Å². The lowest BCUT2D eigenvalue weighted by Gasteiger charge is -2.04. The van der Waals surface area contributed by atoms with Gasteiger partial charge in [-0.3, -0.25) is 0 Å². The van der Waals surface area contributed by atoms with Crippen molar-refractivity contribution >= 4 is 5.69 Å². The summed E-state index contributed by atoms with van der Waals surface area (Å²) in [5.74, 6) is 0.319. The quantitative estimate of drug-likeness (QED) is 0.848. The van der Waals surface area contributed by atoms with Gasteiger partial charge in [-0.2, -0.15) is 4.80 Å². The van der Waals surface area contributed by atoms with Crippen LogP contribution in [0.3, 0.4) is 0 Å². The highest BCUT2D eigenvalue weighted by atomic mass is 19.1. The largest absolute Gasteiger partial charge is 0.378 e. The molecule has 16 heavy (non-hydrogen) atoms. The van der Waals surface area contributed by atoms with Gasteiger partial charge < -0.3 is 5.32 Å². The Kier molecular flexibility index (Phi) is 2.80. The summed E-state index contributed by atoms with van der Waals surface area (Å²) in [5, 5.41) is 14.6. The summed E-state index contributed by atoms with van der Waals surface area (Å²) in [6.07, 6.45) is 0. The van der Waals surface area contributed by atoms with Crippen LogP contribution in [0.5, 0.6) is 0 Å². The minimum Gasteiger partial charge on any atom is -0.378 e. The van der Waals surface area contributed by atoms with Crippen LogP contribution < -0.4 is 5.32 Å². The number of nitrogens with zero attached hydrogens (tertiary/aromatic N) is 4. The first-order chi connectivity index (χ1) is 7.63. The van der Waals surface area contributed by atoms with Crippen molar-refractivity contribution in [3.05, 3.63) is 35.4 Å². The van der Waals surface area contributed by atoms with Crippen LogP contribution >= 0.6 is 0 Å². The summed E-state index contributed by atoms with van der Waals surface area (Å²) in [6, 6.07) is 4.77. The summed E-state index contributed by atoms with van der Waals surface area (Å²) in [5.41, 5.74) is 1.58. The van der Waals surface area contributed by atoms with Crippen LogP contribution in [0.15, 0.2) is 18.2 Å². The molecule has 0 atom stereocenters. The number of tetrazole rings is 1. The molecule has 0 aliphatic carbocycles. The van der Waals surface area contributed by atoms with Crippen molar-refractivity contribution < 1.29 is 4.39 Å². The maximum atomic E-state index is 13.1. The van der Waals surface area contributed by atoms with Gasteiger partial charge in [0.15, 0.2) is 5.82 Å². The highest BCUT2D eigenvalue weighted by molar-refractivity contribution is 5.45. The van der Waals surface area contributed by atoms with Crippen molar-refractivity contribution in [3.8, 4) is 0 Å². The minimum atomic E-state index is -0.255. The molecule has 84 valence electrons. The molecule has 2 aromatic rings. The fraction of sp³-hybridized carbons (Fsp3) is 0.300. The summed E-state index contributed by atoms with van der Waals surface area (Å²) in [6.45, 7) is 2.27. The zero-order valence-electron chi connectivity index (χ0n) is 9.11. The summed E-state index contributed by atoms with van der Waals surface area (Å²) in [4.78, 5) is 1.38. The molecule has 0 aliphatic heterocycles. The normalized spacial score (nSPS) is 10.4. The predicted molar refractivity (Wildman–Crippen MR) is 57.3 cm³/mol. The third kappa shape index (κ3) is 2.53. The molecule has 1 aromatic carbocycles. The molecule has 0 unspecified atom stereocenters. The Balaban J connectivity index is 2.04. The van der Waals surface area contributed by atoms with Gasteiger partial charge in [0.2, 0.25) is 0 Å². The summed E-state index contributed by atoms with van der Waals surface area (Å²) in [7, 11) is 1.70. The van der Waals surface area contributed by atoms with Gasteiger partial charge in [0.1, 0.15) is 5.82 Å². The second-order valence-electron chi connectivity index (χ2n) is 3.57. The number of hydrogen-bond donors (Lipinski definition) is 1. The van der Waals surface area contributed by atoms with Crippen molar-refractivity contribution in [2.75, 3.05) is 5.32 Å². The molecule has 0 bridgehead atoms. The zero-order chi connectivity index (χ0) is 11.5. The van der Waals surface area contributed by atoms with Gasteiger partial charge in [-0.25, -0.2) is 4.39 Å². The molecule has 0 saturated carbocycles. The van der Waals surface area contributed by atoms with E-state index < -0.39 is 0 Å². The minimum absolute atomic E-state index is 0.255. The van der Waals surface area contributed by atoms with Gasteiger partial charge in [-0.15, -0.1) is 10.2 Å². The van der Waals surface area contributed by atoms with Crippen molar-refractivity contribution in [2.24, 2.45) is 7.05 Å². The van der Waals surface area contributed by atoms with E-state index in [9.17, 15) is 4.39 Å². The fourth-order valence-electron chi connectivity index (χ4n) is 1.41. The Labute approximate surface area is 92.3 Å². The van der Waals surface area contributed by atoms with E-state index in [0.29, 0.717) is 18.1 Å². The molecule has 0 aliphatic rings. The lowest BCUT2D eigenvalue weighted by Crippen LogP contribution is -2.02. The molecule has 1 aromatic heterocycles. The molecule has 0 amide bonds. The second kappa shape index (κ2) is 4.26. The third-order valence-electron chi connectivity index (χ3n) is 2.04. The highest BCUT2D eigenvalue weighted by Gasteiger charge is 2.01. The number of aryl methyl sites for hydroxylation is 2. The Hall–Kier alpha value is -1.98. The van der Waals surface area contributed by atoms with Gasteiger partial charge >= 0.3 is 0 Å². The lowest BCUT2D eigenvalue weighted by molar-refractivity contribution is 0.626. The van der Waals surface area contributed by atoms with E-state index in [1.165, 1.54) is 16.9 Å². The first kappa shape index (κ1) is 10.5. The maximum Gasteiger partial charge on any atom is 0.193 e. The summed E-state index contributed by atoms with van der Waals surface area (Å²) < 4.78 is 13.1. The average Bonchev–Trinajstić information content (AvgIpc) is 2.60. The highest BCUT2D eigenvalue weighted by Crippen LogP contribution is 2.13. The van der Waals surface area contributed by atoms with E-state index in [1.807, 2.05) is 13.0 Å². The number of hydrogen-bond acceptors (Lipinski definition) is 4. The lowest BCUT2D eigenvalue weighted by atomic mass is 10.2. The summed E-state index contributed by atoms with van der Waals surface area (Å²) >= 11 is 0. The molecule has 5 nitrogen and oxygen atoms in total. The number of benzene rings is 1. The monoisotopic (exact) mass is 221 g/mol. The van der Waals surface area contributed by atoms with Gasteiger partial charge in [0, 0.05) is 5.69 Å². The van der Waals surface area contributed by atoms with Crippen molar-refractivity contribution in [1.82, 2.24) is 20.2 Å². The Morgan fingerprint density at radius 1 is 1.38 bits per heavy atom. The second-order valence-corrected chi connectivity index (χ2v) is 3.57. The number of nitrogens with one attached hydrogen (secondary N) is 1. The van der Waals surface area contributed by atoms with E-state index in [2.05, 4.69) is 20.7 Å². The van der Waals surface area contributed by atoms with Gasteiger partial charge in [0.05, 0.1) is 13.6 Å². The number of aromatic nitrogens is 4. The standard InChI is InChI=1S/C10H12FN5/c1-7-3-8(11)5-9(4-7)12-6-10-13-15-16(2)14-10/h3-5,12H,6H2,1-2H3. The molecule has 0 saturated heterocycles. The van der Waals surface area contributed by atoms with Crippen LogP contribution in [0.4, 0.5) is 10.1 Å². The van der Waals surface area contributed by atoms with Gasteiger partial charge in [0.25, 0.3) is 0 Å². The van der Waals surface area contributed by atoms with E-state index in [0.717, 1.165) is 5.56 Å². The van der Waals surface area contributed by atoms with E-state index in [-0.39, 0.29) is 5.82 Å². The first-order valence-electron chi connectivity index (χ1n) is 4.87.